The third kappa shape index (κ3) is 4.42. The van der Waals surface area contributed by atoms with Crippen molar-refractivity contribution < 1.29 is 14.6 Å². The zero-order valence-corrected chi connectivity index (χ0v) is 13.9. The molecule has 0 radical (unpaired) electrons. The molecule has 3 nitrogen and oxygen atoms in total. The Morgan fingerprint density at radius 2 is 1.95 bits per heavy atom. The van der Waals surface area contributed by atoms with Crippen LogP contribution >= 0.6 is 23.4 Å². The number of halogens is 1. The third-order valence-electron chi connectivity index (χ3n) is 3.21. The van der Waals surface area contributed by atoms with Gasteiger partial charge in [0.15, 0.2) is 0 Å². The summed E-state index contributed by atoms with van der Waals surface area (Å²) < 4.78 is 5.33. The molecule has 0 heterocycles. The van der Waals surface area contributed by atoms with Crippen LogP contribution < -0.4 is 4.74 Å². The van der Waals surface area contributed by atoms with E-state index in [2.05, 4.69) is 0 Å². The second-order valence-electron chi connectivity index (χ2n) is 4.92. The van der Waals surface area contributed by atoms with E-state index in [0.717, 1.165) is 16.0 Å². The van der Waals surface area contributed by atoms with Gasteiger partial charge in [0, 0.05) is 9.92 Å². The van der Waals surface area contributed by atoms with Gasteiger partial charge in [0.25, 0.3) is 0 Å². The highest BCUT2D eigenvalue weighted by Crippen LogP contribution is 2.30. The number of benzene rings is 2. The summed E-state index contributed by atoms with van der Waals surface area (Å²) in [5, 5.41) is 9.55. The van der Waals surface area contributed by atoms with Crippen LogP contribution in [0.25, 0.3) is 0 Å². The van der Waals surface area contributed by atoms with E-state index in [0.29, 0.717) is 17.2 Å². The summed E-state index contributed by atoms with van der Waals surface area (Å²) in [5.74, 6) is -0.128. The molecule has 0 fully saturated rings. The lowest BCUT2D eigenvalue weighted by atomic mass is 10.1. The second-order valence-corrected chi connectivity index (χ2v) is 6.63. The first kappa shape index (κ1) is 16.7. The van der Waals surface area contributed by atoms with Gasteiger partial charge >= 0.3 is 5.97 Å². The highest BCUT2D eigenvalue weighted by Gasteiger charge is 2.21. The smallest absolute Gasteiger partial charge is 0.317 e. The molecule has 0 aliphatic rings. The van der Waals surface area contributed by atoms with Crippen molar-refractivity contribution in [1.29, 1.82) is 0 Å². The number of carboxylic acid groups (broad SMARTS) is 1. The van der Waals surface area contributed by atoms with Gasteiger partial charge in [-0.25, -0.2) is 0 Å². The van der Waals surface area contributed by atoms with Crippen LogP contribution in [0.5, 0.6) is 5.75 Å². The van der Waals surface area contributed by atoms with Crippen LogP contribution in [0.15, 0.2) is 47.4 Å². The molecule has 1 N–H and O–H groups in total. The number of carbonyl (C=O) groups is 1. The largest absolute Gasteiger partial charge is 0.496 e. The molecule has 2 rings (SSSR count). The van der Waals surface area contributed by atoms with Crippen LogP contribution in [0, 0.1) is 6.92 Å². The minimum atomic E-state index is -0.844. The van der Waals surface area contributed by atoms with Gasteiger partial charge < -0.3 is 9.84 Å². The number of carboxylic acids is 1. The van der Waals surface area contributed by atoms with Crippen molar-refractivity contribution in [3.63, 3.8) is 0 Å². The first-order valence-electron chi connectivity index (χ1n) is 6.78. The van der Waals surface area contributed by atoms with E-state index >= 15 is 0 Å². The summed E-state index contributed by atoms with van der Waals surface area (Å²) in [6.07, 6.45) is 0.396. The van der Waals surface area contributed by atoms with E-state index in [1.165, 1.54) is 11.8 Å². The molecular formula is C17H17ClO3S. The standard InChI is InChI=1S/C17H17ClO3S/c1-11-3-8-15(21-2)12(9-11)10-16(17(19)20)22-14-6-4-13(18)5-7-14/h3-9,16H,10H2,1-2H3,(H,19,20). The number of hydrogen-bond acceptors (Lipinski definition) is 3. The predicted molar refractivity (Wildman–Crippen MR) is 90.2 cm³/mol. The Bertz CT molecular complexity index is 655. The van der Waals surface area contributed by atoms with Crippen LogP contribution in [0.3, 0.4) is 0 Å². The Balaban J connectivity index is 2.20. The third-order valence-corrected chi connectivity index (χ3v) is 4.66. The van der Waals surface area contributed by atoms with Crippen molar-refractivity contribution in [1.82, 2.24) is 0 Å². The monoisotopic (exact) mass is 336 g/mol. The highest BCUT2D eigenvalue weighted by atomic mass is 35.5. The molecule has 0 spiro atoms. The SMILES string of the molecule is COc1ccc(C)cc1CC(Sc1ccc(Cl)cc1)C(=O)O. The van der Waals surface area contributed by atoms with E-state index in [1.807, 2.05) is 37.3 Å². The molecular weight excluding hydrogens is 320 g/mol. The molecule has 0 aliphatic carbocycles. The lowest BCUT2D eigenvalue weighted by molar-refractivity contribution is -0.136. The average molecular weight is 337 g/mol. The summed E-state index contributed by atoms with van der Waals surface area (Å²) in [6.45, 7) is 1.98. The van der Waals surface area contributed by atoms with Crippen molar-refractivity contribution in [2.24, 2.45) is 0 Å². The molecule has 0 saturated heterocycles. The molecule has 22 heavy (non-hydrogen) atoms. The number of ether oxygens (including phenoxy) is 1. The van der Waals surface area contributed by atoms with Crippen LogP contribution in [0.1, 0.15) is 11.1 Å². The van der Waals surface area contributed by atoms with Gasteiger partial charge in [0.05, 0.1) is 7.11 Å². The highest BCUT2D eigenvalue weighted by molar-refractivity contribution is 8.00. The Kier molecular flexibility index (Phi) is 5.75. The molecule has 0 bridgehead atoms. The quantitative estimate of drug-likeness (QED) is 0.792. The maximum absolute atomic E-state index is 11.6. The van der Waals surface area contributed by atoms with E-state index in [1.54, 1.807) is 19.2 Å². The van der Waals surface area contributed by atoms with Crippen LogP contribution in [-0.2, 0) is 11.2 Å². The Hall–Kier alpha value is -1.65. The minimum Gasteiger partial charge on any atom is -0.496 e. The molecule has 2 aromatic rings. The normalized spacial score (nSPS) is 12.0. The van der Waals surface area contributed by atoms with Gasteiger partial charge in [-0.1, -0.05) is 29.3 Å². The number of hydrogen-bond donors (Lipinski definition) is 1. The van der Waals surface area contributed by atoms with Crippen molar-refractivity contribution in [3.05, 3.63) is 58.6 Å². The molecule has 0 amide bonds. The number of aliphatic carboxylic acids is 1. The van der Waals surface area contributed by atoms with E-state index < -0.39 is 11.2 Å². The molecule has 1 atom stereocenters. The maximum Gasteiger partial charge on any atom is 0.317 e. The van der Waals surface area contributed by atoms with Crippen molar-refractivity contribution in [2.45, 2.75) is 23.5 Å². The zero-order valence-electron chi connectivity index (χ0n) is 12.4. The van der Waals surface area contributed by atoms with Gasteiger partial charge in [-0.3, -0.25) is 4.79 Å². The molecule has 0 saturated carbocycles. The fourth-order valence-corrected chi connectivity index (χ4v) is 3.23. The Morgan fingerprint density at radius 3 is 2.55 bits per heavy atom. The van der Waals surface area contributed by atoms with E-state index in [-0.39, 0.29) is 0 Å². The van der Waals surface area contributed by atoms with Crippen molar-refractivity contribution >= 4 is 29.3 Å². The predicted octanol–water partition coefficient (Wildman–Crippen LogP) is 4.45. The Labute approximate surface area is 139 Å². The molecule has 1 unspecified atom stereocenters. The van der Waals surface area contributed by atoms with Gasteiger partial charge in [-0.2, -0.15) is 0 Å². The zero-order chi connectivity index (χ0) is 16.1. The first-order chi connectivity index (χ1) is 10.5. The lowest BCUT2D eigenvalue weighted by Gasteiger charge is -2.15. The van der Waals surface area contributed by atoms with Gasteiger partial charge in [0.2, 0.25) is 0 Å². The van der Waals surface area contributed by atoms with Crippen LogP contribution in [-0.4, -0.2) is 23.4 Å². The van der Waals surface area contributed by atoms with Gasteiger partial charge in [-0.05, 0) is 49.2 Å². The van der Waals surface area contributed by atoms with E-state index in [9.17, 15) is 9.90 Å². The molecule has 116 valence electrons. The molecule has 0 aromatic heterocycles. The maximum atomic E-state index is 11.6. The average Bonchev–Trinajstić information content (AvgIpc) is 2.49. The van der Waals surface area contributed by atoms with E-state index in [4.69, 9.17) is 16.3 Å². The summed E-state index contributed by atoms with van der Waals surface area (Å²) in [7, 11) is 1.59. The fourth-order valence-electron chi connectivity index (χ4n) is 2.12. The lowest BCUT2D eigenvalue weighted by Crippen LogP contribution is -2.19. The van der Waals surface area contributed by atoms with Crippen LogP contribution in [0.4, 0.5) is 0 Å². The topological polar surface area (TPSA) is 46.5 Å². The fraction of sp³-hybridized carbons (Fsp3) is 0.235. The van der Waals surface area contributed by atoms with Crippen molar-refractivity contribution in [2.75, 3.05) is 7.11 Å². The number of methoxy groups -OCH3 is 1. The number of rotatable bonds is 6. The second kappa shape index (κ2) is 7.56. The Morgan fingerprint density at radius 1 is 1.27 bits per heavy atom. The first-order valence-corrected chi connectivity index (χ1v) is 8.04. The minimum absolute atomic E-state index is 0.396. The molecule has 0 aliphatic heterocycles. The molecule has 2 aromatic carbocycles. The number of thioether (sulfide) groups is 1. The summed E-state index contributed by atoms with van der Waals surface area (Å²) in [5.41, 5.74) is 1.98. The molecule has 5 heteroatoms. The van der Waals surface area contributed by atoms with Gasteiger partial charge in [0.1, 0.15) is 11.0 Å². The summed E-state index contributed by atoms with van der Waals surface area (Å²) in [4.78, 5) is 12.5. The van der Waals surface area contributed by atoms with Gasteiger partial charge in [-0.15, -0.1) is 11.8 Å². The summed E-state index contributed by atoms with van der Waals surface area (Å²) in [6, 6.07) is 13.0. The number of aryl methyl sites for hydroxylation is 1. The van der Waals surface area contributed by atoms with Crippen molar-refractivity contribution in [3.8, 4) is 5.75 Å². The summed E-state index contributed by atoms with van der Waals surface area (Å²) >= 11 is 7.17. The van der Waals surface area contributed by atoms with Crippen LogP contribution in [0.2, 0.25) is 5.02 Å².